The highest BCUT2D eigenvalue weighted by Gasteiger charge is 2.27. The highest BCUT2D eigenvalue weighted by atomic mass is 19.1. The lowest BCUT2D eigenvalue weighted by molar-refractivity contribution is -0.932. The Balaban J connectivity index is 1.66. The van der Waals surface area contributed by atoms with Gasteiger partial charge < -0.3 is 14.7 Å². The number of aryl methyl sites for hydroxylation is 1. The molecule has 1 fully saturated rings. The molecular weight excluding hydrogens is 321 g/mol. The zero-order valence-electron chi connectivity index (χ0n) is 14.6. The van der Waals surface area contributed by atoms with E-state index in [1.165, 1.54) is 36.3 Å². The molecule has 1 heterocycles. The van der Waals surface area contributed by atoms with E-state index < -0.39 is 0 Å². The molecule has 0 bridgehead atoms. The Bertz CT molecular complexity index is 693. The number of halogens is 1. The predicted molar refractivity (Wildman–Crippen MR) is 92.7 cm³/mol. The van der Waals surface area contributed by atoms with Crippen molar-refractivity contribution in [3.05, 3.63) is 47.5 Å². The largest absolute Gasteiger partial charge is 0.360 e. The minimum absolute atomic E-state index is 0.0732. The van der Waals surface area contributed by atoms with Crippen molar-refractivity contribution in [3.8, 4) is 0 Å². The molecule has 2 aromatic rings. The summed E-state index contributed by atoms with van der Waals surface area (Å²) in [7, 11) is 0. The van der Waals surface area contributed by atoms with E-state index in [0.29, 0.717) is 24.2 Å². The summed E-state index contributed by atoms with van der Waals surface area (Å²) in [5, 5.41) is 6.61. The Labute approximate surface area is 147 Å². The van der Waals surface area contributed by atoms with E-state index in [2.05, 4.69) is 10.5 Å². The van der Waals surface area contributed by atoms with Crippen LogP contribution in [-0.2, 0) is 11.3 Å². The average Bonchev–Trinajstić information content (AvgIpc) is 3.01. The van der Waals surface area contributed by atoms with Crippen LogP contribution in [0.3, 0.4) is 0 Å². The summed E-state index contributed by atoms with van der Waals surface area (Å²) in [4.78, 5) is 13.7. The Morgan fingerprint density at radius 1 is 1.28 bits per heavy atom. The summed E-state index contributed by atoms with van der Waals surface area (Å²) in [6, 6.07) is 8.73. The average molecular weight is 346 g/mol. The van der Waals surface area contributed by atoms with Crippen LogP contribution in [0.4, 0.5) is 10.2 Å². The van der Waals surface area contributed by atoms with E-state index in [0.717, 1.165) is 24.9 Å². The van der Waals surface area contributed by atoms with Crippen LogP contribution < -0.4 is 10.2 Å². The first-order valence-corrected chi connectivity index (χ1v) is 8.92. The number of hydrogen-bond acceptors (Lipinski definition) is 3. The molecule has 1 amide bonds. The van der Waals surface area contributed by atoms with Gasteiger partial charge >= 0.3 is 0 Å². The quantitative estimate of drug-likeness (QED) is 0.845. The van der Waals surface area contributed by atoms with Crippen molar-refractivity contribution < 1.29 is 18.6 Å². The summed E-state index contributed by atoms with van der Waals surface area (Å²) < 4.78 is 18.1. The van der Waals surface area contributed by atoms with Crippen LogP contribution >= 0.6 is 0 Å². The minimum atomic E-state index is -0.234. The molecule has 134 valence electrons. The fourth-order valence-electron chi connectivity index (χ4n) is 3.55. The smallest absolute Gasteiger partial charge is 0.280 e. The Hall–Kier alpha value is -2.21. The van der Waals surface area contributed by atoms with Gasteiger partial charge in [-0.25, -0.2) is 4.39 Å². The Morgan fingerprint density at radius 2 is 2.00 bits per heavy atom. The molecule has 25 heavy (non-hydrogen) atoms. The van der Waals surface area contributed by atoms with Crippen LogP contribution in [0.25, 0.3) is 0 Å². The van der Waals surface area contributed by atoms with E-state index in [9.17, 15) is 9.18 Å². The lowest BCUT2D eigenvalue weighted by Crippen LogP contribution is -3.15. The lowest BCUT2D eigenvalue weighted by Gasteiger charge is -2.31. The number of hydrogen-bond donors (Lipinski definition) is 2. The van der Waals surface area contributed by atoms with Crippen LogP contribution in [0.5, 0.6) is 0 Å². The van der Waals surface area contributed by atoms with Gasteiger partial charge in [0, 0.05) is 11.6 Å². The molecule has 1 unspecified atom stereocenters. The van der Waals surface area contributed by atoms with Gasteiger partial charge in [-0.05, 0) is 44.7 Å². The van der Waals surface area contributed by atoms with E-state index in [1.54, 1.807) is 25.1 Å². The molecule has 0 spiro atoms. The van der Waals surface area contributed by atoms with Crippen LogP contribution in [-0.4, -0.2) is 23.7 Å². The van der Waals surface area contributed by atoms with Crippen molar-refractivity contribution in [2.45, 2.75) is 51.6 Å². The monoisotopic (exact) mass is 346 g/mol. The second-order valence-electron chi connectivity index (χ2n) is 6.84. The van der Waals surface area contributed by atoms with Crippen LogP contribution in [0, 0.1) is 12.7 Å². The maximum absolute atomic E-state index is 13.1. The number of carbonyl (C=O) groups excluding carboxylic acids is 1. The van der Waals surface area contributed by atoms with Crippen LogP contribution in [0.2, 0.25) is 0 Å². The lowest BCUT2D eigenvalue weighted by atomic mass is 9.93. The van der Waals surface area contributed by atoms with Gasteiger partial charge in [0.2, 0.25) is 0 Å². The number of nitrogens with one attached hydrogen (secondary N) is 2. The van der Waals surface area contributed by atoms with Crippen molar-refractivity contribution in [3.63, 3.8) is 0 Å². The van der Waals surface area contributed by atoms with Crippen molar-refractivity contribution in [1.82, 2.24) is 5.16 Å². The normalized spacial score (nSPS) is 16.6. The highest BCUT2D eigenvalue weighted by Crippen LogP contribution is 2.16. The molecule has 0 aliphatic heterocycles. The molecular formula is C19H25FN3O2+. The van der Waals surface area contributed by atoms with Crippen molar-refractivity contribution >= 4 is 11.7 Å². The summed E-state index contributed by atoms with van der Waals surface area (Å²) in [6.45, 7) is 2.88. The number of amides is 1. The third-order valence-corrected chi connectivity index (χ3v) is 4.81. The molecule has 1 aliphatic carbocycles. The van der Waals surface area contributed by atoms with E-state index in [4.69, 9.17) is 4.52 Å². The molecule has 1 atom stereocenters. The van der Waals surface area contributed by atoms with Gasteiger partial charge in [0.05, 0.1) is 6.04 Å². The van der Waals surface area contributed by atoms with E-state index >= 15 is 0 Å². The highest BCUT2D eigenvalue weighted by molar-refractivity contribution is 5.90. The molecule has 1 aliphatic rings. The zero-order valence-corrected chi connectivity index (χ0v) is 14.6. The van der Waals surface area contributed by atoms with Gasteiger partial charge in [0.15, 0.2) is 12.4 Å². The van der Waals surface area contributed by atoms with Gasteiger partial charge in [-0.1, -0.05) is 23.7 Å². The van der Waals surface area contributed by atoms with Gasteiger partial charge in [-0.3, -0.25) is 4.79 Å². The van der Waals surface area contributed by atoms with Crippen molar-refractivity contribution in [2.75, 3.05) is 11.9 Å². The van der Waals surface area contributed by atoms with Crippen molar-refractivity contribution in [1.29, 1.82) is 0 Å². The minimum Gasteiger partial charge on any atom is -0.360 e. The van der Waals surface area contributed by atoms with Crippen molar-refractivity contribution in [2.24, 2.45) is 0 Å². The van der Waals surface area contributed by atoms with E-state index in [-0.39, 0.29) is 11.7 Å². The second-order valence-corrected chi connectivity index (χ2v) is 6.84. The molecule has 1 aromatic carbocycles. The number of anilines is 1. The summed E-state index contributed by atoms with van der Waals surface area (Å²) in [5.41, 5.74) is 1.05. The summed E-state index contributed by atoms with van der Waals surface area (Å²) >= 11 is 0. The molecule has 5 nitrogen and oxygen atoms in total. The first-order valence-electron chi connectivity index (χ1n) is 8.92. The number of benzene rings is 1. The van der Waals surface area contributed by atoms with Gasteiger partial charge in [-0.2, -0.15) is 0 Å². The van der Waals surface area contributed by atoms with Gasteiger partial charge in [0.25, 0.3) is 5.91 Å². The fraction of sp³-hybridized carbons (Fsp3) is 0.474. The number of carbonyl (C=O) groups is 1. The Kier molecular flexibility index (Phi) is 5.81. The third kappa shape index (κ3) is 5.13. The first-order chi connectivity index (χ1) is 12.1. The summed E-state index contributed by atoms with van der Waals surface area (Å²) in [6.07, 6.45) is 5.95. The van der Waals surface area contributed by atoms with Crippen LogP contribution in [0.1, 0.15) is 43.4 Å². The topological polar surface area (TPSA) is 59.6 Å². The molecule has 6 heteroatoms. The summed E-state index contributed by atoms with van der Waals surface area (Å²) in [5.74, 6) is 0.809. The zero-order chi connectivity index (χ0) is 17.6. The molecule has 1 aromatic heterocycles. The molecule has 3 rings (SSSR count). The fourth-order valence-corrected chi connectivity index (χ4v) is 3.55. The maximum Gasteiger partial charge on any atom is 0.280 e. The first kappa shape index (κ1) is 17.6. The molecule has 2 N–H and O–H groups in total. The Morgan fingerprint density at radius 3 is 2.64 bits per heavy atom. The van der Waals surface area contributed by atoms with Gasteiger partial charge in [0.1, 0.15) is 18.1 Å². The number of rotatable bonds is 6. The van der Waals surface area contributed by atoms with E-state index in [1.807, 2.05) is 0 Å². The number of quaternary nitrogens is 1. The maximum atomic E-state index is 13.1. The standard InChI is InChI=1S/C19H24FN3O2/c1-14-11-18(22-25-14)21-19(24)13-23(17-5-3-2-4-6-17)12-15-7-9-16(20)10-8-15/h7-11,17H,2-6,12-13H2,1H3,(H,21,22,24)/p+1. The third-order valence-electron chi connectivity index (χ3n) is 4.81. The van der Waals surface area contributed by atoms with Gasteiger partial charge in [-0.15, -0.1) is 0 Å². The molecule has 0 saturated heterocycles. The predicted octanol–water partition coefficient (Wildman–Crippen LogP) is 2.48. The SMILES string of the molecule is Cc1cc(NC(=O)C[NH+](Cc2ccc(F)cc2)C2CCCCC2)no1. The molecule has 1 saturated carbocycles. The second kappa shape index (κ2) is 8.25. The van der Waals surface area contributed by atoms with Crippen LogP contribution in [0.15, 0.2) is 34.9 Å². The molecule has 0 radical (unpaired) electrons. The number of aromatic nitrogens is 1. The number of nitrogens with zero attached hydrogens (tertiary/aromatic N) is 1.